The van der Waals surface area contributed by atoms with E-state index in [0.717, 1.165) is 31.0 Å². The topological polar surface area (TPSA) is 89.6 Å². The number of nitrogens with two attached hydrogens (primary N) is 1. The van der Waals surface area contributed by atoms with Gasteiger partial charge in [-0.25, -0.2) is 0 Å². The van der Waals surface area contributed by atoms with Crippen LogP contribution in [0.5, 0.6) is 0 Å². The summed E-state index contributed by atoms with van der Waals surface area (Å²) in [5.74, 6) is -0.711. The summed E-state index contributed by atoms with van der Waals surface area (Å²) in [5.41, 5.74) is 7.32. The van der Waals surface area contributed by atoms with E-state index < -0.39 is 6.10 Å². The standard InChI is InChI=1S/C19H19NO4S2/c1-24-18(23)7-6-14(21)16-8-11(10-25-16)19-13(9-17(20)22)12-4-2-3-5-15(12)26-19/h2-5,8,10,14,21H,6-7,9H2,1H3,(H2,20,22). The van der Waals surface area contributed by atoms with Crippen molar-refractivity contribution in [3.8, 4) is 10.4 Å². The molecule has 5 nitrogen and oxygen atoms in total. The van der Waals surface area contributed by atoms with Crippen molar-refractivity contribution in [2.45, 2.75) is 25.4 Å². The van der Waals surface area contributed by atoms with E-state index in [1.165, 1.54) is 18.4 Å². The number of fused-ring (bicyclic) bond motifs is 1. The minimum absolute atomic E-state index is 0.167. The van der Waals surface area contributed by atoms with E-state index in [1.54, 1.807) is 11.3 Å². The molecule has 0 bridgehead atoms. The van der Waals surface area contributed by atoms with Crippen LogP contribution < -0.4 is 5.73 Å². The van der Waals surface area contributed by atoms with Crippen LogP contribution in [0.3, 0.4) is 0 Å². The molecule has 0 saturated carbocycles. The Bertz CT molecular complexity index is 944. The third-order valence-electron chi connectivity index (χ3n) is 4.11. The van der Waals surface area contributed by atoms with E-state index in [-0.39, 0.29) is 24.7 Å². The van der Waals surface area contributed by atoms with Gasteiger partial charge < -0.3 is 15.6 Å². The van der Waals surface area contributed by atoms with Gasteiger partial charge in [0, 0.05) is 26.4 Å². The Morgan fingerprint density at radius 3 is 2.81 bits per heavy atom. The number of methoxy groups -OCH3 is 1. The lowest BCUT2D eigenvalue weighted by atomic mass is 10.0. The lowest BCUT2D eigenvalue weighted by Crippen LogP contribution is -2.13. The van der Waals surface area contributed by atoms with Crippen molar-refractivity contribution < 1.29 is 19.4 Å². The SMILES string of the molecule is COC(=O)CCC(O)c1cc(-c2sc3ccccc3c2CC(N)=O)cs1. The van der Waals surface area contributed by atoms with Crippen LogP contribution in [0.1, 0.15) is 29.4 Å². The molecule has 0 fully saturated rings. The number of carbonyl (C=O) groups excluding carboxylic acids is 2. The molecule has 0 radical (unpaired) electrons. The van der Waals surface area contributed by atoms with Gasteiger partial charge in [0.05, 0.1) is 19.6 Å². The van der Waals surface area contributed by atoms with Gasteiger partial charge in [-0.1, -0.05) is 18.2 Å². The van der Waals surface area contributed by atoms with Crippen molar-refractivity contribution in [2.24, 2.45) is 5.73 Å². The van der Waals surface area contributed by atoms with E-state index in [4.69, 9.17) is 5.73 Å². The Hall–Kier alpha value is -2.22. The molecule has 1 aromatic carbocycles. The minimum atomic E-state index is -0.721. The Morgan fingerprint density at radius 2 is 2.08 bits per heavy atom. The number of hydrogen-bond acceptors (Lipinski definition) is 6. The first kappa shape index (κ1) is 18.6. The van der Waals surface area contributed by atoms with E-state index in [0.29, 0.717) is 6.42 Å². The van der Waals surface area contributed by atoms with Crippen LogP contribution in [0.2, 0.25) is 0 Å². The fourth-order valence-electron chi connectivity index (χ4n) is 2.83. The predicted molar refractivity (Wildman–Crippen MR) is 104 cm³/mol. The normalized spacial score (nSPS) is 12.2. The minimum Gasteiger partial charge on any atom is -0.469 e. The highest BCUT2D eigenvalue weighted by atomic mass is 32.1. The molecular weight excluding hydrogens is 370 g/mol. The van der Waals surface area contributed by atoms with E-state index in [2.05, 4.69) is 4.74 Å². The molecule has 0 aliphatic rings. The number of benzene rings is 1. The second kappa shape index (κ2) is 7.99. The molecule has 136 valence electrons. The fraction of sp³-hybridized carbons (Fsp3) is 0.263. The molecule has 1 amide bonds. The van der Waals surface area contributed by atoms with Crippen molar-refractivity contribution in [1.82, 2.24) is 0 Å². The van der Waals surface area contributed by atoms with Crippen molar-refractivity contribution in [1.29, 1.82) is 0 Å². The highest BCUT2D eigenvalue weighted by Crippen LogP contribution is 2.41. The lowest BCUT2D eigenvalue weighted by molar-refractivity contribution is -0.141. The summed E-state index contributed by atoms with van der Waals surface area (Å²) in [6.07, 6.45) is -0.0645. The van der Waals surface area contributed by atoms with Gasteiger partial charge in [0.25, 0.3) is 0 Å². The van der Waals surface area contributed by atoms with Crippen LogP contribution in [0, 0.1) is 0 Å². The predicted octanol–water partition coefficient (Wildman–Crippen LogP) is 3.64. The third-order valence-corrected chi connectivity index (χ3v) is 6.41. The first-order valence-electron chi connectivity index (χ1n) is 8.12. The monoisotopic (exact) mass is 389 g/mol. The zero-order chi connectivity index (χ0) is 18.7. The molecule has 3 N–H and O–H groups in total. The lowest BCUT2D eigenvalue weighted by Gasteiger charge is -2.06. The Labute approximate surface area is 159 Å². The van der Waals surface area contributed by atoms with Gasteiger partial charge in [0.2, 0.25) is 5.91 Å². The molecule has 26 heavy (non-hydrogen) atoms. The number of aliphatic hydroxyl groups excluding tert-OH is 1. The molecule has 0 spiro atoms. The number of amides is 1. The molecular formula is C19H19NO4S2. The van der Waals surface area contributed by atoms with Crippen molar-refractivity contribution in [3.05, 3.63) is 46.2 Å². The number of hydrogen-bond donors (Lipinski definition) is 2. The van der Waals surface area contributed by atoms with Gasteiger partial charge in [0.15, 0.2) is 0 Å². The van der Waals surface area contributed by atoms with Crippen LogP contribution in [0.4, 0.5) is 0 Å². The largest absolute Gasteiger partial charge is 0.469 e. The molecule has 3 rings (SSSR count). The van der Waals surface area contributed by atoms with Crippen molar-refractivity contribution in [2.75, 3.05) is 7.11 Å². The first-order valence-corrected chi connectivity index (χ1v) is 9.81. The van der Waals surface area contributed by atoms with Crippen LogP contribution >= 0.6 is 22.7 Å². The number of thiophene rings is 2. The number of esters is 1. The summed E-state index contributed by atoms with van der Waals surface area (Å²) < 4.78 is 5.70. The summed E-state index contributed by atoms with van der Waals surface area (Å²) in [6, 6.07) is 9.84. The van der Waals surface area contributed by atoms with Gasteiger partial charge in [0.1, 0.15) is 0 Å². The molecule has 7 heteroatoms. The van der Waals surface area contributed by atoms with E-state index >= 15 is 0 Å². The fourth-order valence-corrected chi connectivity index (χ4v) is 5.03. The Balaban J connectivity index is 1.91. The zero-order valence-electron chi connectivity index (χ0n) is 14.2. The molecule has 3 aromatic rings. The van der Waals surface area contributed by atoms with Gasteiger partial charge in [-0.3, -0.25) is 9.59 Å². The summed E-state index contributed by atoms with van der Waals surface area (Å²) in [7, 11) is 1.33. The summed E-state index contributed by atoms with van der Waals surface area (Å²) in [4.78, 5) is 24.6. The maximum Gasteiger partial charge on any atom is 0.305 e. The molecule has 2 aromatic heterocycles. The summed E-state index contributed by atoms with van der Waals surface area (Å²) in [5, 5.41) is 13.3. The Morgan fingerprint density at radius 1 is 1.31 bits per heavy atom. The number of aliphatic hydroxyl groups is 1. The molecule has 2 heterocycles. The molecule has 0 aliphatic carbocycles. The molecule has 0 saturated heterocycles. The van der Waals surface area contributed by atoms with Gasteiger partial charge in [-0.15, -0.1) is 22.7 Å². The number of carbonyl (C=O) groups is 2. The average Bonchev–Trinajstić information content (AvgIpc) is 3.24. The molecule has 1 atom stereocenters. The maximum absolute atomic E-state index is 11.5. The van der Waals surface area contributed by atoms with Crippen LogP contribution in [0.25, 0.3) is 20.5 Å². The van der Waals surface area contributed by atoms with Crippen molar-refractivity contribution >= 4 is 44.6 Å². The number of rotatable bonds is 7. The number of primary amides is 1. The average molecular weight is 389 g/mol. The quantitative estimate of drug-likeness (QED) is 0.604. The highest BCUT2D eigenvalue weighted by Gasteiger charge is 2.19. The van der Waals surface area contributed by atoms with Crippen LogP contribution in [-0.2, 0) is 20.7 Å². The zero-order valence-corrected chi connectivity index (χ0v) is 15.9. The number of ether oxygens (including phenoxy) is 1. The van der Waals surface area contributed by atoms with Gasteiger partial charge >= 0.3 is 5.97 Å². The van der Waals surface area contributed by atoms with Crippen molar-refractivity contribution in [3.63, 3.8) is 0 Å². The smallest absolute Gasteiger partial charge is 0.305 e. The second-order valence-electron chi connectivity index (χ2n) is 5.92. The molecule has 0 aliphatic heterocycles. The maximum atomic E-state index is 11.5. The Kier molecular flexibility index (Phi) is 5.70. The van der Waals surface area contributed by atoms with Gasteiger partial charge in [-0.05, 0) is 34.9 Å². The van der Waals surface area contributed by atoms with Crippen LogP contribution in [-0.4, -0.2) is 24.1 Å². The third kappa shape index (κ3) is 3.95. The summed E-state index contributed by atoms with van der Waals surface area (Å²) >= 11 is 3.05. The van der Waals surface area contributed by atoms with Crippen LogP contribution in [0.15, 0.2) is 35.7 Å². The second-order valence-corrected chi connectivity index (χ2v) is 7.91. The first-order chi connectivity index (χ1) is 12.5. The highest BCUT2D eigenvalue weighted by molar-refractivity contribution is 7.22. The van der Waals surface area contributed by atoms with E-state index in [1.807, 2.05) is 35.7 Å². The van der Waals surface area contributed by atoms with E-state index in [9.17, 15) is 14.7 Å². The summed E-state index contributed by atoms with van der Waals surface area (Å²) in [6.45, 7) is 0. The van der Waals surface area contributed by atoms with Gasteiger partial charge in [-0.2, -0.15) is 0 Å². The molecule has 1 unspecified atom stereocenters.